The lowest BCUT2D eigenvalue weighted by atomic mass is 10.1. The van der Waals surface area contributed by atoms with E-state index in [-0.39, 0.29) is 31.2 Å². The lowest BCUT2D eigenvalue weighted by molar-refractivity contribution is -0.137. The molecule has 0 saturated heterocycles. The van der Waals surface area contributed by atoms with Gasteiger partial charge in [-0.05, 0) is 23.8 Å². The molecule has 0 radical (unpaired) electrons. The highest BCUT2D eigenvalue weighted by atomic mass is 32.2. The van der Waals surface area contributed by atoms with E-state index in [1.165, 1.54) is 4.90 Å². The Balaban J connectivity index is 1.56. The number of hydrogen-bond donors (Lipinski definition) is 1. The first-order valence-electron chi connectivity index (χ1n) is 8.76. The number of nitrogens with zero attached hydrogens (tertiary/aromatic N) is 1. The van der Waals surface area contributed by atoms with E-state index in [1.54, 1.807) is 12.1 Å². The number of nitrogens with one attached hydrogen (secondary N) is 1. The summed E-state index contributed by atoms with van der Waals surface area (Å²) in [5, 5.41) is 0. The number of para-hydroxylation sites is 1. The molecule has 2 aromatic rings. The van der Waals surface area contributed by atoms with E-state index >= 15 is 0 Å². The largest absolute Gasteiger partial charge is 0.483 e. The molecule has 3 rings (SSSR count). The average Bonchev–Trinajstić information content (AvgIpc) is 2.80. The first-order chi connectivity index (χ1) is 13.6. The maximum Gasteiger partial charge on any atom is 0.416 e. The molecule has 156 valence electrons. The van der Waals surface area contributed by atoms with E-state index in [0.717, 1.165) is 29.8 Å². The minimum Gasteiger partial charge on any atom is -0.483 e. The van der Waals surface area contributed by atoms with Gasteiger partial charge in [0.1, 0.15) is 5.75 Å². The summed E-state index contributed by atoms with van der Waals surface area (Å²) in [7, 11) is -3.77. The molecule has 1 N–H and O–H groups in total. The molecular formula is C19H19F3N2O4S. The van der Waals surface area contributed by atoms with Gasteiger partial charge in [0.15, 0.2) is 6.61 Å². The number of benzene rings is 2. The molecule has 1 amide bonds. The van der Waals surface area contributed by atoms with Gasteiger partial charge in [-0.2, -0.15) is 13.2 Å². The summed E-state index contributed by atoms with van der Waals surface area (Å²) >= 11 is 0. The molecule has 6 nitrogen and oxygen atoms in total. The fraction of sp³-hybridized carbons (Fsp3) is 0.316. The molecule has 29 heavy (non-hydrogen) atoms. The first-order valence-corrected chi connectivity index (χ1v) is 10.4. The molecule has 0 saturated carbocycles. The maximum absolute atomic E-state index is 12.6. The maximum atomic E-state index is 12.6. The lowest BCUT2D eigenvalue weighted by Crippen LogP contribution is -2.39. The number of alkyl halides is 3. The molecule has 0 aliphatic carbocycles. The molecule has 1 aliphatic rings. The Hall–Kier alpha value is -2.59. The first kappa shape index (κ1) is 21.1. The fourth-order valence-corrected chi connectivity index (χ4v) is 4.04. The van der Waals surface area contributed by atoms with E-state index in [9.17, 15) is 26.4 Å². The summed E-state index contributed by atoms with van der Waals surface area (Å²) in [6.45, 7) is 0.296. The second kappa shape index (κ2) is 8.42. The molecule has 1 aliphatic heterocycles. The van der Waals surface area contributed by atoms with Crippen molar-refractivity contribution in [3.63, 3.8) is 0 Å². The summed E-state index contributed by atoms with van der Waals surface area (Å²) in [6, 6.07) is 11.2. The molecule has 10 heteroatoms. The van der Waals surface area contributed by atoms with Crippen LogP contribution in [0.4, 0.5) is 13.2 Å². The third kappa shape index (κ3) is 5.70. The Labute approximate surface area is 166 Å². The topological polar surface area (TPSA) is 75.7 Å². The van der Waals surface area contributed by atoms with Gasteiger partial charge in [-0.15, -0.1) is 0 Å². The zero-order chi connectivity index (χ0) is 21.1. The van der Waals surface area contributed by atoms with Gasteiger partial charge in [-0.1, -0.05) is 30.3 Å². The zero-order valence-electron chi connectivity index (χ0n) is 15.3. The van der Waals surface area contributed by atoms with E-state index < -0.39 is 27.5 Å². The summed E-state index contributed by atoms with van der Waals surface area (Å²) in [5.74, 6) is -0.0974. The van der Waals surface area contributed by atoms with E-state index in [1.807, 2.05) is 12.1 Å². The minimum absolute atomic E-state index is 0.0170. The van der Waals surface area contributed by atoms with Crippen molar-refractivity contribution in [1.29, 1.82) is 0 Å². The van der Waals surface area contributed by atoms with E-state index in [2.05, 4.69) is 4.72 Å². The van der Waals surface area contributed by atoms with Crippen LogP contribution in [0.25, 0.3) is 0 Å². The van der Waals surface area contributed by atoms with Crippen molar-refractivity contribution < 1.29 is 31.1 Å². The monoisotopic (exact) mass is 428 g/mol. The van der Waals surface area contributed by atoms with Crippen molar-refractivity contribution in [3.8, 4) is 5.75 Å². The van der Waals surface area contributed by atoms with Crippen molar-refractivity contribution in [2.75, 3.05) is 19.7 Å². The van der Waals surface area contributed by atoms with Gasteiger partial charge in [-0.3, -0.25) is 4.79 Å². The zero-order valence-corrected chi connectivity index (χ0v) is 16.1. The highest BCUT2D eigenvalue weighted by Gasteiger charge is 2.30. The standard InChI is InChI=1S/C19H19F3N2O4S/c20-19(21,22)16-7-5-14(6-8-16)13-29(26,27)23-9-10-24-11-15-3-1-2-4-17(15)28-12-18(24)25/h1-8,23H,9-13H2. The van der Waals surface area contributed by atoms with E-state index in [4.69, 9.17) is 4.74 Å². The van der Waals surface area contributed by atoms with Crippen LogP contribution >= 0.6 is 0 Å². The summed E-state index contributed by atoms with van der Waals surface area (Å²) in [5.41, 5.74) is 0.221. The summed E-state index contributed by atoms with van der Waals surface area (Å²) in [6.07, 6.45) is -4.47. The van der Waals surface area contributed by atoms with E-state index in [0.29, 0.717) is 12.3 Å². The summed E-state index contributed by atoms with van der Waals surface area (Å²) < 4.78 is 70.0. The molecule has 1 heterocycles. The summed E-state index contributed by atoms with van der Waals surface area (Å²) in [4.78, 5) is 13.7. The van der Waals surface area contributed by atoms with Crippen LogP contribution in [0.5, 0.6) is 5.75 Å². The van der Waals surface area contributed by atoms with Crippen LogP contribution in [-0.4, -0.2) is 38.9 Å². The predicted molar refractivity (Wildman–Crippen MR) is 99.4 cm³/mol. The number of ether oxygens (including phenoxy) is 1. The Morgan fingerprint density at radius 3 is 2.45 bits per heavy atom. The second-order valence-corrected chi connectivity index (χ2v) is 8.37. The van der Waals surface area contributed by atoms with Gasteiger partial charge >= 0.3 is 6.18 Å². The quantitative estimate of drug-likeness (QED) is 0.767. The molecule has 0 bridgehead atoms. The number of fused-ring (bicyclic) bond motifs is 1. The van der Waals surface area contributed by atoms with Gasteiger partial charge in [0, 0.05) is 25.2 Å². The number of sulfonamides is 1. The number of rotatable bonds is 6. The van der Waals surface area contributed by atoms with Crippen LogP contribution in [0.1, 0.15) is 16.7 Å². The molecule has 2 aromatic carbocycles. The Kier molecular flexibility index (Phi) is 6.13. The highest BCUT2D eigenvalue weighted by Crippen LogP contribution is 2.29. The number of carbonyl (C=O) groups excluding carboxylic acids is 1. The van der Waals surface area contributed by atoms with Crippen molar-refractivity contribution in [2.24, 2.45) is 0 Å². The number of halogens is 3. The van der Waals surface area contributed by atoms with Gasteiger partial charge in [0.05, 0.1) is 11.3 Å². The average molecular weight is 428 g/mol. The van der Waals surface area contributed by atoms with Crippen LogP contribution in [0.2, 0.25) is 0 Å². The normalized spacial score (nSPS) is 14.9. The number of amides is 1. The predicted octanol–water partition coefficient (Wildman–Crippen LogP) is 2.55. The fourth-order valence-electron chi connectivity index (χ4n) is 2.90. The molecule has 0 unspecified atom stereocenters. The van der Waals surface area contributed by atoms with Crippen molar-refractivity contribution >= 4 is 15.9 Å². The van der Waals surface area contributed by atoms with Gasteiger partial charge in [0.2, 0.25) is 10.0 Å². The molecular weight excluding hydrogens is 409 g/mol. The van der Waals surface area contributed by atoms with Crippen molar-refractivity contribution in [1.82, 2.24) is 9.62 Å². The molecule has 0 atom stereocenters. The number of carbonyl (C=O) groups is 1. The lowest BCUT2D eigenvalue weighted by Gasteiger charge is -2.20. The minimum atomic E-state index is -4.47. The van der Waals surface area contributed by atoms with Crippen molar-refractivity contribution in [2.45, 2.75) is 18.5 Å². The second-order valence-electron chi connectivity index (χ2n) is 6.56. The number of hydrogen-bond acceptors (Lipinski definition) is 4. The van der Waals surface area contributed by atoms with Gasteiger partial charge in [0.25, 0.3) is 5.91 Å². The third-order valence-corrected chi connectivity index (χ3v) is 5.74. The van der Waals surface area contributed by atoms with Crippen LogP contribution in [-0.2, 0) is 33.3 Å². The molecule has 0 fully saturated rings. The van der Waals surface area contributed by atoms with Crippen LogP contribution in [0.15, 0.2) is 48.5 Å². The highest BCUT2D eigenvalue weighted by molar-refractivity contribution is 7.88. The van der Waals surface area contributed by atoms with Gasteiger partial charge < -0.3 is 9.64 Å². The van der Waals surface area contributed by atoms with Crippen LogP contribution in [0, 0.1) is 0 Å². The smallest absolute Gasteiger partial charge is 0.416 e. The van der Waals surface area contributed by atoms with Crippen molar-refractivity contribution in [3.05, 3.63) is 65.2 Å². The molecule has 0 aromatic heterocycles. The SMILES string of the molecule is O=C1COc2ccccc2CN1CCNS(=O)(=O)Cc1ccc(C(F)(F)F)cc1. The van der Waals surface area contributed by atoms with Gasteiger partial charge in [-0.25, -0.2) is 13.1 Å². The van der Waals surface area contributed by atoms with Crippen LogP contribution in [0.3, 0.4) is 0 Å². The van der Waals surface area contributed by atoms with Crippen LogP contribution < -0.4 is 9.46 Å². The Bertz CT molecular complexity index is 976. The Morgan fingerprint density at radius 2 is 1.76 bits per heavy atom. The molecule has 0 spiro atoms. The third-order valence-electron chi connectivity index (χ3n) is 4.38. The Morgan fingerprint density at radius 1 is 1.07 bits per heavy atom.